The normalized spacial score (nSPS) is 10.2. The Bertz CT molecular complexity index is 505. The zero-order valence-electron chi connectivity index (χ0n) is 7.61. The molecule has 0 unspecified atom stereocenters. The fourth-order valence-corrected chi connectivity index (χ4v) is 2.20. The third-order valence-corrected chi connectivity index (χ3v) is 3.20. The lowest BCUT2D eigenvalue weighted by atomic mass is 10.1. The van der Waals surface area contributed by atoms with Gasteiger partial charge in [-0.1, -0.05) is 23.7 Å². The second kappa shape index (κ2) is 4.04. The van der Waals surface area contributed by atoms with E-state index in [1.807, 2.05) is 0 Å². The highest BCUT2D eigenvalue weighted by Gasteiger charge is 2.16. The Hall–Kier alpha value is -1.32. The maximum Gasteiger partial charge on any atom is 0.208 e. The molecule has 0 fully saturated rings. The summed E-state index contributed by atoms with van der Waals surface area (Å²) in [6.45, 7) is 0. The molecule has 0 bridgehead atoms. The molecule has 0 radical (unpaired) electrons. The summed E-state index contributed by atoms with van der Waals surface area (Å²) in [6, 6.07) is 8.29. The molecule has 2 rings (SSSR count). The van der Waals surface area contributed by atoms with Crippen LogP contribution in [0.2, 0.25) is 5.02 Å². The molecule has 15 heavy (non-hydrogen) atoms. The SMILES string of the molecule is O=C(c1ccccc1Cl)c1sccc1O. The summed E-state index contributed by atoms with van der Waals surface area (Å²) in [6.07, 6.45) is 0. The second-order valence-electron chi connectivity index (χ2n) is 2.94. The zero-order chi connectivity index (χ0) is 10.8. The fraction of sp³-hybridized carbons (Fsp3) is 0. The van der Waals surface area contributed by atoms with Gasteiger partial charge in [-0.15, -0.1) is 11.3 Å². The molecule has 0 saturated heterocycles. The number of carbonyl (C=O) groups excluding carboxylic acids is 1. The van der Waals surface area contributed by atoms with Crippen LogP contribution >= 0.6 is 22.9 Å². The van der Waals surface area contributed by atoms with E-state index in [1.165, 1.54) is 17.4 Å². The van der Waals surface area contributed by atoms with Gasteiger partial charge in [-0.3, -0.25) is 4.79 Å². The predicted molar refractivity (Wildman–Crippen MR) is 60.9 cm³/mol. The topological polar surface area (TPSA) is 37.3 Å². The minimum atomic E-state index is -0.242. The first-order valence-electron chi connectivity index (χ1n) is 4.26. The van der Waals surface area contributed by atoms with Crippen molar-refractivity contribution in [2.75, 3.05) is 0 Å². The van der Waals surface area contributed by atoms with Gasteiger partial charge < -0.3 is 5.11 Å². The summed E-state index contributed by atoms with van der Waals surface area (Å²) in [7, 11) is 0. The Kier molecular flexibility index (Phi) is 2.75. The fourth-order valence-electron chi connectivity index (χ4n) is 1.24. The number of rotatable bonds is 2. The van der Waals surface area contributed by atoms with Gasteiger partial charge in [-0.2, -0.15) is 0 Å². The Labute approximate surface area is 95.8 Å². The van der Waals surface area contributed by atoms with Crippen molar-refractivity contribution in [2.45, 2.75) is 0 Å². The highest BCUT2D eigenvalue weighted by Crippen LogP contribution is 2.28. The summed E-state index contributed by atoms with van der Waals surface area (Å²) in [5.41, 5.74) is 0.414. The van der Waals surface area contributed by atoms with Crippen molar-refractivity contribution in [3.63, 3.8) is 0 Å². The highest BCUT2D eigenvalue weighted by atomic mass is 35.5. The smallest absolute Gasteiger partial charge is 0.208 e. The van der Waals surface area contributed by atoms with E-state index in [0.717, 1.165) is 0 Å². The molecule has 1 aromatic heterocycles. The number of hydrogen-bond donors (Lipinski definition) is 1. The molecular formula is C11H7ClO2S. The molecule has 0 spiro atoms. The predicted octanol–water partition coefficient (Wildman–Crippen LogP) is 3.34. The van der Waals surface area contributed by atoms with Gasteiger partial charge in [0.15, 0.2) is 0 Å². The van der Waals surface area contributed by atoms with Gasteiger partial charge in [0.2, 0.25) is 5.78 Å². The Morgan fingerprint density at radius 1 is 1.27 bits per heavy atom. The molecule has 2 aromatic rings. The van der Waals surface area contributed by atoms with Gasteiger partial charge in [0.1, 0.15) is 10.6 Å². The summed E-state index contributed by atoms with van der Waals surface area (Å²) < 4.78 is 0. The van der Waals surface area contributed by atoms with E-state index in [0.29, 0.717) is 15.5 Å². The van der Waals surface area contributed by atoms with Crippen LogP contribution < -0.4 is 0 Å². The molecule has 1 N–H and O–H groups in total. The van der Waals surface area contributed by atoms with E-state index in [1.54, 1.807) is 29.6 Å². The molecular weight excluding hydrogens is 232 g/mol. The van der Waals surface area contributed by atoms with Gasteiger partial charge in [0.25, 0.3) is 0 Å². The summed E-state index contributed by atoms with van der Waals surface area (Å²) in [5.74, 6) is -0.238. The number of thiophene rings is 1. The first-order valence-corrected chi connectivity index (χ1v) is 5.51. The summed E-state index contributed by atoms with van der Waals surface area (Å²) in [4.78, 5) is 12.2. The van der Waals surface area contributed by atoms with Crippen LogP contribution in [0.25, 0.3) is 0 Å². The Balaban J connectivity index is 2.46. The molecule has 0 aliphatic heterocycles. The van der Waals surface area contributed by atoms with Gasteiger partial charge in [-0.25, -0.2) is 0 Å². The van der Waals surface area contributed by atoms with Crippen molar-refractivity contribution in [3.8, 4) is 5.75 Å². The largest absolute Gasteiger partial charge is 0.506 e. The lowest BCUT2D eigenvalue weighted by molar-refractivity contribution is 0.104. The van der Waals surface area contributed by atoms with Crippen molar-refractivity contribution >= 4 is 28.7 Å². The number of hydrogen-bond acceptors (Lipinski definition) is 3. The minimum absolute atomic E-state index is 0.00456. The van der Waals surface area contributed by atoms with Crippen LogP contribution in [0, 0.1) is 0 Å². The van der Waals surface area contributed by atoms with Gasteiger partial charge >= 0.3 is 0 Å². The van der Waals surface area contributed by atoms with Gasteiger partial charge in [0, 0.05) is 5.56 Å². The number of aromatic hydroxyl groups is 1. The van der Waals surface area contributed by atoms with Crippen LogP contribution in [0.5, 0.6) is 5.75 Å². The highest BCUT2D eigenvalue weighted by molar-refractivity contribution is 7.12. The quantitative estimate of drug-likeness (QED) is 0.815. The van der Waals surface area contributed by atoms with Crippen LogP contribution in [-0.2, 0) is 0 Å². The molecule has 1 heterocycles. The summed E-state index contributed by atoms with van der Waals surface area (Å²) in [5, 5.41) is 11.5. The summed E-state index contributed by atoms with van der Waals surface area (Å²) >= 11 is 7.09. The number of ketones is 1. The Morgan fingerprint density at radius 3 is 2.60 bits per heavy atom. The average molecular weight is 239 g/mol. The van der Waals surface area contributed by atoms with Crippen molar-refractivity contribution in [2.24, 2.45) is 0 Å². The van der Waals surface area contributed by atoms with Crippen LogP contribution in [0.15, 0.2) is 35.7 Å². The molecule has 0 amide bonds. The molecule has 1 aromatic carbocycles. The minimum Gasteiger partial charge on any atom is -0.506 e. The van der Waals surface area contributed by atoms with E-state index in [2.05, 4.69) is 0 Å². The first kappa shape index (κ1) is 10.2. The van der Waals surface area contributed by atoms with Crippen molar-refractivity contribution in [1.82, 2.24) is 0 Å². The zero-order valence-corrected chi connectivity index (χ0v) is 9.18. The lowest BCUT2D eigenvalue weighted by Gasteiger charge is -2.01. The first-order chi connectivity index (χ1) is 7.20. The maximum atomic E-state index is 11.9. The van der Waals surface area contributed by atoms with Crippen molar-refractivity contribution in [1.29, 1.82) is 0 Å². The average Bonchev–Trinajstić information content (AvgIpc) is 2.64. The standard InChI is InChI=1S/C11H7ClO2S/c12-8-4-2-1-3-7(8)10(14)11-9(13)5-6-15-11/h1-6,13H. The van der Waals surface area contributed by atoms with Crippen LogP contribution in [0.1, 0.15) is 15.2 Å². The van der Waals surface area contributed by atoms with Crippen molar-refractivity contribution in [3.05, 3.63) is 51.2 Å². The molecule has 0 aliphatic rings. The van der Waals surface area contributed by atoms with Crippen LogP contribution in [-0.4, -0.2) is 10.9 Å². The number of benzene rings is 1. The number of halogens is 1. The molecule has 76 valence electrons. The van der Waals surface area contributed by atoms with E-state index < -0.39 is 0 Å². The van der Waals surface area contributed by atoms with E-state index in [4.69, 9.17) is 11.6 Å². The number of carbonyl (C=O) groups is 1. The van der Waals surface area contributed by atoms with Crippen molar-refractivity contribution < 1.29 is 9.90 Å². The van der Waals surface area contributed by atoms with E-state index in [-0.39, 0.29) is 11.5 Å². The molecule has 0 atom stereocenters. The third-order valence-electron chi connectivity index (χ3n) is 1.97. The molecule has 0 saturated carbocycles. The molecule has 4 heteroatoms. The van der Waals surface area contributed by atoms with Crippen LogP contribution in [0.3, 0.4) is 0 Å². The monoisotopic (exact) mass is 238 g/mol. The Morgan fingerprint density at radius 2 is 2.00 bits per heavy atom. The molecule has 2 nitrogen and oxygen atoms in total. The van der Waals surface area contributed by atoms with E-state index >= 15 is 0 Å². The molecule has 0 aliphatic carbocycles. The van der Waals surface area contributed by atoms with Gasteiger partial charge in [-0.05, 0) is 23.6 Å². The maximum absolute atomic E-state index is 11.9. The second-order valence-corrected chi connectivity index (χ2v) is 4.27. The van der Waals surface area contributed by atoms with Gasteiger partial charge in [0.05, 0.1) is 5.02 Å². The van der Waals surface area contributed by atoms with E-state index in [9.17, 15) is 9.90 Å². The third kappa shape index (κ3) is 1.89. The lowest BCUT2D eigenvalue weighted by Crippen LogP contribution is -1.99. The van der Waals surface area contributed by atoms with Crippen LogP contribution in [0.4, 0.5) is 0 Å².